The Balaban J connectivity index is 2.82. The van der Waals surface area contributed by atoms with Crippen molar-refractivity contribution in [3.63, 3.8) is 0 Å². The summed E-state index contributed by atoms with van der Waals surface area (Å²) in [4.78, 5) is 0. The second-order valence-corrected chi connectivity index (χ2v) is 2.78. The Labute approximate surface area is 72.0 Å². The van der Waals surface area contributed by atoms with Gasteiger partial charge in [-0.05, 0) is 15.9 Å². The molecule has 0 aromatic carbocycles. The first-order chi connectivity index (χ1) is 5.29. The van der Waals surface area contributed by atoms with Gasteiger partial charge in [0.15, 0.2) is 0 Å². The fourth-order valence-electron chi connectivity index (χ4n) is 0.751. The summed E-state index contributed by atoms with van der Waals surface area (Å²) in [6, 6.07) is 0. The Bertz CT molecular complexity index is 238. The van der Waals surface area contributed by atoms with E-state index in [2.05, 4.69) is 21.0 Å². The van der Waals surface area contributed by atoms with Gasteiger partial charge in [0.1, 0.15) is 11.3 Å². The topological polar surface area (TPSA) is 38.1 Å². The van der Waals surface area contributed by atoms with Crippen LogP contribution in [0.2, 0.25) is 0 Å². The van der Waals surface area contributed by atoms with E-state index in [9.17, 15) is 4.39 Å². The summed E-state index contributed by atoms with van der Waals surface area (Å²) in [6.45, 7) is -0.307. The van der Waals surface area contributed by atoms with Gasteiger partial charge < -0.3 is 5.11 Å². The van der Waals surface area contributed by atoms with Crippen molar-refractivity contribution in [3.05, 3.63) is 16.4 Å². The summed E-state index contributed by atoms with van der Waals surface area (Å²) in [7, 11) is 0. The maximum absolute atomic E-state index is 11.8. The van der Waals surface area contributed by atoms with Gasteiger partial charge in [-0.3, -0.25) is 4.68 Å². The molecule has 0 aliphatic carbocycles. The molecule has 0 amide bonds. The lowest BCUT2D eigenvalue weighted by molar-refractivity contribution is 0.280. The van der Waals surface area contributed by atoms with Gasteiger partial charge in [-0.1, -0.05) is 0 Å². The summed E-state index contributed by atoms with van der Waals surface area (Å²) < 4.78 is 13.9. The first kappa shape index (κ1) is 8.67. The molecule has 1 heterocycles. The molecule has 11 heavy (non-hydrogen) atoms. The van der Waals surface area contributed by atoms with Gasteiger partial charge in [0, 0.05) is 5.56 Å². The number of aryl methyl sites for hydroxylation is 1. The van der Waals surface area contributed by atoms with Crippen LogP contribution in [-0.2, 0) is 13.2 Å². The third kappa shape index (κ3) is 1.78. The summed E-state index contributed by atoms with van der Waals surface area (Å²) in [5.41, 5.74) is 0.679. The number of aliphatic hydroxyl groups is 1. The minimum absolute atomic E-state index is 0.0765. The van der Waals surface area contributed by atoms with E-state index in [1.807, 2.05) is 0 Å². The monoisotopic (exact) mass is 222 g/mol. The van der Waals surface area contributed by atoms with E-state index >= 15 is 0 Å². The Morgan fingerprint density at radius 2 is 2.45 bits per heavy atom. The minimum atomic E-state index is -0.453. The molecule has 0 aliphatic heterocycles. The summed E-state index contributed by atoms with van der Waals surface area (Å²) in [5.74, 6) is 0. The second kappa shape index (κ2) is 3.82. The summed E-state index contributed by atoms with van der Waals surface area (Å²) in [5, 5.41) is 12.6. The third-order valence-corrected chi connectivity index (χ3v) is 2.23. The fourth-order valence-corrected chi connectivity index (χ4v) is 1.25. The lowest BCUT2D eigenvalue weighted by atomic mass is 10.4. The average molecular weight is 223 g/mol. The van der Waals surface area contributed by atoms with Crippen molar-refractivity contribution in [2.45, 2.75) is 13.2 Å². The molecule has 0 bridgehead atoms. The van der Waals surface area contributed by atoms with Crippen LogP contribution in [0, 0.1) is 0 Å². The standard InChI is InChI=1S/C6H8BrFN2O/c7-6-5(4-11)3-9-10(6)2-1-8/h3,11H,1-2,4H2. The van der Waals surface area contributed by atoms with Gasteiger partial charge in [0.05, 0.1) is 19.3 Å². The van der Waals surface area contributed by atoms with Crippen LogP contribution in [0.25, 0.3) is 0 Å². The van der Waals surface area contributed by atoms with Crippen molar-refractivity contribution in [1.82, 2.24) is 9.78 Å². The largest absolute Gasteiger partial charge is 0.392 e. The van der Waals surface area contributed by atoms with Crippen LogP contribution >= 0.6 is 15.9 Å². The Hall–Kier alpha value is -0.420. The highest BCUT2D eigenvalue weighted by atomic mass is 79.9. The van der Waals surface area contributed by atoms with Gasteiger partial charge in [-0.25, -0.2) is 4.39 Å². The molecule has 1 N–H and O–H groups in total. The van der Waals surface area contributed by atoms with Gasteiger partial charge in [0.2, 0.25) is 0 Å². The summed E-state index contributed by atoms with van der Waals surface area (Å²) in [6.07, 6.45) is 1.51. The van der Waals surface area contributed by atoms with Gasteiger partial charge in [-0.2, -0.15) is 5.10 Å². The number of hydrogen-bond acceptors (Lipinski definition) is 2. The van der Waals surface area contributed by atoms with Crippen LogP contribution < -0.4 is 0 Å². The average Bonchev–Trinajstić information content (AvgIpc) is 2.34. The van der Waals surface area contributed by atoms with Crippen LogP contribution in [0.4, 0.5) is 4.39 Å². The van der Waals surface area contributed by atoms with Crippen molar-refractivity contribution >= 4 is 15.9 Å². The zero-order chi connectivity index (χ0) is 8.27. The van der Waals surface area contributed by atoms with Crippen LogP contribution in [0.15, 0.2) is 10.8 Å². The number of hydrogen-bond donors (Lipinski definition) is 1. The predicted octanol–water partition coefficient (Wildman–Crippen LogP) is 1.11. The van der Waals surface area contributed by atoms with Crippen LogP contribution in [0.1, 0.15) is 5.56 Å². The highest BCUT2D eigenvalue weighted by molar-refractivity contribution is 9.10. The van der Waals surface area contributed by atoms with Crippen LogP contribution in [0.5, 0.6) is 0 Å². The normalized spacial score (nSPS) is 10.5. The number of alkyl halides is 1. The maximum atomic E-state index is 11.8. The van der Waals surface area contributed by atoms with Crippen LogP contribution in [0.3, 0.4) is 0 Å². The zero-order valence-corrected chi connectivity index (χ0v) is 7.38. The molecular formula is C6H8BrFN2O. The van der Waals surface area contributed by atoms with Crippen molar-refractivity contribution < 1.29 is 9.50 Å². The zero-order valence-electron chi connectivity index (χ0n) is 5.80. The van der Waals surface area contributed by atoms with Crippen molar-refractivity contribution in [3.8, 4) is 0 Å². The number of halogens is 2. The Morgan fingerprint density at radius 1 is 1.73 bits per heavy atom. The SMILES string of the molecule is OCc1cnn(CCF)c1Br. The highest BCUT2D eigenvalue weighted by Gasteiger charge is 2.05. The van der Waals surface area contributed by atoms with E-state index in [0.717, 1.165) is 0 Å². The van der Waals surface area contributed by atoms with Crippen molar-refractivity contribution in [2.24, 2.45) is 0 Å². The number of aliphatic hydroxyl groups excluding tert-OH is 1. The molecule has 0 unspecified atom stereocenters. The fraction of sp³-hybridized carbons (Fsp3) is 0.500. The molecule has 1 aromatic heterocycles. The third-order valence-electron chi connectivity index (χ3n) is 1.31. The molecule has 0 fully saturated rings. The molecule has 0 saturated carbocycles. The minimum Gasteiger partial charge on any atom is -0.392 e. The van der Waals surface area contributed by atoms with E-state index in [1.165, 1.54) is 10.9 Å². The van der Waals surface area contributed by atoms with E-state index in [-0.39, 0.29) is 13.2 Å². The molecule has 3 nitrogen and oxygen atoms in total. The number of rotatable bonds is 3. The van der Waals surface area contributed by atoms with Gasteiger partial charge >= 0.3 is 0 Å². The Kier molecular flexibility index (Phi) is 3.02. The first-order valence-electron chi connectivity index (χ1n) is 3.16. The molecule has 0 radical (unpaired) electrons. The lowest BCUT2D eigenvalue weighted by Crippen LogP contribution is -2.01. The smallest absolute Gasteiger partial charge is 0.109 e. The Morgan fingerprint density at radius 3 is 2.91 bits per heavy atom. The van der Waals surface area contributed by atoms with Crippen LogP contribution in [-0.4, -0.2) is 21.6 Å². The molecule has 1 aromatic rings. The predicted molar refractivity (Wildman–Crippen MR) is 41.8 cm³/mol. The van der Waals surface area contributed by atoms with E-state index in [4.69, 9.17) is 5.11 Å². The molecule has 1 rings (SSSR count). The highest BCUT2D eigenvalue weighted by Crippen LogP contribution is 2.15. The van der Waals surface area contributed by atoms with E-state index in [1.54, 1.807) is 0 Å². The quantitative estimate of drug-likeness (QED) is 0.833. The molecule has 0 atom stereocenters. The van der Waals surface area contributed by atoms with Gasteiger partial charge in [0.25, 0.3) is 0 Å². The second-order valence-electron chi connectivity index (χ2n) is 2.03. The molecule has 0 saturated heterocycles. The maximum Gasteiger partial charge on any atom is 0.109 e. The molecule has 0 spiro atoms. The first-order valence-corrected chi connectivity index (χ1v) is 3.96. The van der Waals surface area contributed by atoms with E-state index in [0.29, 0.717) is 10.2 Å². The molecular weight excluding hydrogens is 215 g/mol. The van der Waals surface area contributed by atoms with E-state index < -0.39 is 6.67 Å². The van der Waals surface area contributed by atoms with Crippen molar-refractivity contribution in [1.29, 1.82) is 0 Å². The van der Waals surface area contributed by atoms with Crippen molar-refractivity contribution in [2.75, 3.05) is 6.67 Å². The number of nitrogens with zero attached hydrogens (tertiary/aromatic N) is 2. The molecule has 62 valence electrons. The number of aromatic nitrogens is 2. The molecule has 0 aliphatic rings. The molecule has 5 heteroatoms. The lowest BCUT2D eigenvalue weighted by Gasteiger charge is -1.98. The van der Waals surface area contributed by atoms with Gasteiger partial charge in [-0.15, -0.1) is 0 Å². The summed E-state index contributed by atoms with van der Waals surface area (Å²) >= 11 is 3.19.